The van der Waals surface area contributed by atoms with Crippen LogP contribution < -0.4 is 9.04 Å². The molecule has 0 aliphatic rings. The van der Waals surface area contributed by atoms with Gasteiger partial charge in [0.05, 0.1) is 16.9 Å². The zero-order valence-corrected chi connectivity index (χ0v) is 14.4. The first-order valence-corrected chi connectivity index (χ1v) is 8.94. The molecule has 0 aliphatic heterocycles. The van der Waals surface area contributed by atoms with Crippen LogP contribution in [0, 0.1) is 17.0 Å². The second kappa shape index (κ2) is 6.88. The van der Waals surface area contributed by atoms with Crippen molar-refractivity contribution >= 4 is 21.4 Å². The maximum absolute atomic E-state index is 11.5. The predicted molar refractivity (Wildman–Crippen MR) is 91.9 cm³/mol. The van der Waals surface area contributed by atoms with Crippen LogP contribution in [-0.4, -0.2) is 26.6 Å². The van der Waals surface area contributed by atoms with Gasteiger partial charge in [0.1, 0.15) is 12.4 Å². The number of nitro groups is 1. The largest absolute Gasteiger partial charge is 0.489 e. The molecule has 0 aromatic heterocycles. The lowest BCUT2D eigenvalue weighted by Crippen LogP contribution is -2.24. The van der Waals surface area contributed by atoms with Crippen molar-refractivity contribution in [1.82, 2.24) is 0 Å². The van der Waals surface area contributed by atoms with Gasteiger partial charge in [-0.05, 0) is 36.8 Å². The van der Waals surface area contributed by atoms with Crippen LogP contribution in [0.5, 0.6) is 5.75 Å². The van der Waals surface area contributed by atoms with E-state index in [1.807, 2.05) is 0 Å². The first-order valence-electron chi connectivity index (χ1n) is 7.10. The van der Waals surface area contributed by atoms with Gasteiger partial charge in [-0.3, -0.25) is 14.4 Å². The fraction of sp³-hybridized carbons (Fsp3) is 0.250. The summed E-state index contributed by atoms with van der Waals surface area (Å²) >= 11 is 0. The van der Waals surface area contributed by atoms with Crippen LogP contribution in [-0.2, 0) is 16.6 Å². The average molecular weight is 350 g/mol. The van der Waals surface area contributed by atoms with Gasteiger partial charge in [0, 0.05) is 18.7 Å². The van der Waals surface area contributed by atoms with E-state index in [4.69, 9.17) is 4.74 Å². The van der Waals surface area contributed by atoms with E-state index in [1.54, 1.807) is 43.3 Å². The van der Waals surface area contributed by atoms with E-state index in [0.29, 0.717) is 17.0 Å². The van der Waals surface area contributed by atoms with E-state index < -0.39 is 14.9 Å². The molecule has 2 aromatic carbocycles. The summed E-state index contributed by atoms with van der Waals surface area (Å²) in [5.74, 6) is 0.548. The van der Waals surface area contributed by atoms with Crippen LogP contribution in [0.25, 0.3) is 0 Å². The molecular weight excluding hydrogens is 332 g/mol. The molecule has 0 N–H and O–H groups in total. The smallest absolute Gasteiger partial charge is 0.272 e. The van der Waals surface area contributed by atoms with E-state index in [0.717, 1.165) is 11.8 Å². The highest BCUT2D eigenvalue weighted by Crippen LogP contribution is 2.24. The number of nitrogens with zero attached hydrogens (tertiary/aromatic N) is 2. The van der Waals surface area contributed by atoms with Gasteiger partial charge in [-0.25, -0.2) is 8.42 Å². The monoisotopic (exact) mass is 350 g/mol. The summed E-state index contributed by atoms with van der Waals surface area (Å²) in [6, 6.07) is 11.4. The first-order chi connectivity index (χ1) is 11.2. The van der Waals surface area contributed by atoms with E-state index >= 15 is 0 Å². The van der Waals surface area contributed by atoms with Crippen molar-refractivity contribution in [3.05, 3.63) is 63.7 Å². The van der Waals surface area contributed by atoms with Crippen molar-refractivity contribution in [2.24, 2.45) is 0 Å². The highest BCUT2D eigenvalue weighted by molar-refractivity contribution is 7.92. The Morgan fingerprint density at radius 1 is 1.17 bits per heavy atom. The Bertz CT molecular complexity index is 847. The Labute approximate surface area is 140 Å². The molecular formula is C16H18N2O5S. The summed E-state index contributed by atoms with van der Waals surface area (Å²) in [6.45, 7) is 1.87. The van der Waals surface area contributed by atoms with Gasteiger partial charge in [0.15, 0.2) is 0 Å². The van der Waals surface area contributed by atoms with Crippen LogP contribution in [0.15, 0.2) is 42.5 Å². The Hall–Kier alpha value is -2.61. The van der Waals surface area contributed by atoms with Gasteiger partial charge in [-0.2, -0.15) is 0 Å². The molecule has 0 spiro atoms. The lowest BCUT2D eigenvalue weighted by atomic mass is 10.1. The van der Waals surface area contributed by atoms with Crippen LogP contribution in [0.2, 0.25) is 0 Å². The molecule has 0 atom stereocenters. The number of hydrogen-bond acceptors (Lipinski definition) is 5. The Balaban J connectivity index is 2.11. The van der Waals surface area contributed by atoms with Crippen molar-refractivity contribution in [1.29, 1.82) is 0 Å². The molecule has 8 heteroatoms. The summed E-state index contributed by atoms with van der Waals surface area (Å²) in [7, 11) is -1.84. The topological polar surface area (TPSA) is 89.8 Å². The number of rotatable bonds is 6. The van der Waals surface area contributed by atoms with Crippen LogP contribution in [0.1, 0.15) is 11.1 Å². The maximum atomic E-state index is 11.5. The minimum absolute atomic E-state index is 0.0567. The first kappa shape index (κ1) is 17.7. The highest BCUT2D eigenvalue weighted by atomic mass is 32.2. The molecule has 7 nitrogen and oxygen atoms in total. The maximum Gasteiger partial charge on any atom is 0.272 e. The lowest BCUT2D eigenvalue weighted by molar-refractivity contribution is -0.385. The van der Waals surface area contributed by atoms with Gasteiger partial charge < -0.3 is 4.74 Å². The molecule has 0 aliphatic carbocycles. The number of hydrogen-bond donors (Lipinski definition) is 0. The molecule has 0 saturated heterocycles. The average Bonchev–Trinajstić information content (AvgIpc) is 2.52. The second-order valence-electron chi connectivity index (χ2n) is 5.33. The summed E-state index contributed by atoms with van der Waals surface area (Å²) in [6.07, 6.45) is 1.13. The molecule has 0 bridgehead atoms. The number of nitro benzene ring substituents is 1. The van der Waals surface area contributed by atoms with E-state index in [2.05, 4.69) is 0 Å². The van der Waals surface area contributed by atoms with Crippen molar-refractivity contribution in [3.63, 3.8) is 0 Å². The fourth-order valence-electron chi connectivity index (χ4n) is 2.13. The molecule has 128 valence electrons. The number of anilines is 1. The molecule has 2 rings (SSSR count). The van der Waals surface area contributed by atoms with Gasteiger partial charge >= 0.3 is 0 Å². The second-order valence-corrected chi connectivity index (χ2v) is 7.35. The molecule has 2 aromatic rings. The molecule has 0 fully saturated rings. The highest BCUT2D eigenvalue weighted by Gasteiger charge is 2.14. The Morgan fingerprint density at radius 3 is 2.33 bits per heavy atom. The fourth-order valence-corrected chi connectivity index (χ4v) is 2.63. The normalized spacial score (nSPS) is 11.1. The third-order valence-electron chi connectivity index (χ3n) is 3.71. The molecule has 0 radical (unpaired) electrons. The van der Waals surface area contributed by atoms with Gasteiger partial charge in [-0.15, -0.1) is 0 Å². The quantitative estimate of drug-likeness (QED) is 0.590. The molecule has 0 saturated carbocycles. The van der Waals surface area contributed by atoms with Gasteiger partial charge in [0.25, 0.3) is 5.69 Å². The van der Waals surface area contributed by atoms with Crippen LogP contribution in [0.3, 0.4) is 0 Å². The summed E-state index contributed by atoms with van der Waals surface area (Å²) in [4.78, 5) is 10.5. The van der Waals surface area contributed by atoms with Crippen LogP contribution >= 0.6 is 0 Å². The van der Waals surface area contributed by atoms with Crippen molar-refractivity contribution in [2.75, 3.05) is 17.6 Å². The van der Waals surface area contributed by atoms with E-state index in [-0.39, 0.29) is 12.3 Å². The van der Waals surface area contributed by atoms with Crippen LogP contribution in [0.4, 0.5) is 11.4 Å². The van der Waals surface area contributed by atoms with Crippen molar-refractivity contribution in [2.45, 2.75) is 13.5 Å². The third kappa shape index (κ3) is 4.02. The van der Waals surface area contributed by atoms with Gasteiger partial charge in [-0.1, -0.05) is 12.1 Å². The number of ether oxygens (including phenoxy) is 1. The third-order valence-corrected chi connectivity index (χ3v) is 4.91. The van der Waals surface area contributed by atoms with E-state index in [1.165, 1.54) is 17.4 Å². The SMILES string of the molecule is Cc1c(COc2ccc(N(C)S(C)(=O)=O)cc2)cccc1[N+](=O)[O-]. The molecule has 0 unspecified atom stereocenters. The number of sulfonamides is 1. The van der Waals surface area contributed by atoms with Crippen molar-refractivity contribution in [3.8, 4) is 5.75 Å². The molecule has 0 heterocycles. The Morgan fingerprint density at radius 2 is 1.79 bits per heavy atom. The number of benzene rings is 2. The van der Waals surface area contributed by atoms with E-state index in [9.17, 15) is 18.5 Å². The summed E-state index contributed by atoms with van der Waals surface area (Å²) in [5.41, 5.74) is 1.87. The zero-order chi connectivity index (χ0) is 17.9. The minimum atomic E-state index is -3.31. The standard InChI is InChI=1S/C16H18N2O5S/c1-12-13(5-4-6-16(12)18(19)20)11-23-15-9-7-14(8-10-15)17(2)24(3,21)22/h4-10H,11H2,1-3H3. The predicted octanol–water partition coefficient (Wildman–Crippen LogP) is 2.88. The zero-order valence-electron chi connectivity index (χ0n) is 13.6. The summed E-state index contributed by atoms with van der Waals surface area (Å²) in [5, 5.41) is 10.9. The summed E-state index contributed by atoms with van der Waals surface area (Å²) < 4.78 is 29.8. The lowest BCUT2D eigenvalue weighted by Gasteiger charge is -2.17. The Kier molecular flexibility index (Phi) is 5.08. The molecule has 0 amide bonds. The molecule has 24 heavy (non-hydrogen) atoms. The van der Waals surface area contributed by atoms with Crippen molar-refractivity contribution < 1.29 is 18.1 Å². The minimum Gasteiger partial charge on any atom is -0.489 e. The van der Waals surface area contributed by atoms with Gasteiger partial charge in [0.2, 0.25) is 10.0 Å².